The van der Waals surface area contributed by atoms with E-state index < -0.39 is 0 Å². The second-order valence-electron chi connectivity index (χ2n) is 10.3. The summed E-state index contributed by atoms with van der Waals surface area (Å²) in [5.74, 6) is -0.300. The molecule has 0 aliphatic carbocycles. The molecule has 0 aromatic heterocycles. The standard InChI is InChI=1S/C28H40N4O3/c1-20(2)24-15-25(27(34)16-26(24)33)28(35)32-18-22-7-6-21(14-23(22)19-32)17-31-12-10-30(11-13-31)9-5-3-4-8-29/h6-7,14-16,20,33-34H,3-5,8-13,17-19,29H2,1-2H3. The zero-order valence-corrected chi connectivity index (χ0v) is 21.2. The minimum atomic E-state index is -0.204. The first kappa shape index (κ1) is 25.5. The van der Waals surface area contributed by atoms with Gasteiger partial charge in [0.1, 0.15) is 11.5 Å². The molecule has 35 heavy (non-hydrogen) atoms. The lowest BCUT2D eigenvalue weighted by Gasteiger charge is -2.34. The Bertz CT molecular complexity index is 1030. The number of carbonyl (C=O) groups is 1. The van der Waals surface area contributed by atoms with E-state index in [4.69, 9.17) is 5.73 Å². The molecule has 7 nitrogen and oxygen atoms in total. The van der Waals surface area contributed by atoms with Crippen molar-refractivity contribution < 1.29 is 15.0 Å². The predicted octanol–water partition coefficient (Wildman–Crippen LogP) is 3.62. The monoisotopic (exact) mass is 480 g/mol. The Morgan fingerprint density at radius 3 is 2.34 bits per heavy atom. The van der Waals surface area contributed by atoms with Crippen molar-refractivity contribution in [3.8, 4) is 11.5 Å². The highest BCUT2D eigenvalue weighted by molar-refractivity contribution is 5.97. The second kappa shape index (κ2) is 11.4. The summed E-state index contributed by atoms with van der Waals surface area (Å²) in [6, 6.07) is 9.47. The average molecular weight is 481 g/mol. The largest absolute Gasteiger partial charge is 0.508 e. The Morgan fingerprint density at radius 2 is 1.63 bits per heavy atom. The van der Waals surface area contributed by atoms with E-state index in [2.05, 4.69) is 28.0 Å². The lowest BCUT2D eigenvalue weighted by molar-refractivity contribution is 0.0748. The first-order valence-electron chi connectivity index (χ1n) is 13.0. The number of rotatable bonds is 9. The van der Waals surface area contributed by atoms with Gasteiger partial charge in [-0.1, -0.05) is 38.5 Å². The first-order chi connectivity index (χ1) is 16.9. The third-order valence-corrected chi connectivity index (χ3v) is 7.33. The van der Waals surface area contributed by atoms with Crippen LogP contribution in [0.4, 0.5) is 0 Å². The number of nitrogens with zero attached hydrogens (tertiary/aromatic N) is 3. The summed E-state index contributed by atoms with van der Waals surface area (Å²) in [6.45, 7) is 12.3. The Kier molecular flexibility index (Phi) is 8.31. The number of carbonyl (C=O) groups excluding carboxylic acids is 1. The normalized spacial score (nSPS) is 16.7. The predicted molar refractivity (Wildman–Crippen MR) is 139 cm³/mol. The van der Waals surface area contributed by atoms with Crippen LogP contribution in [-0.4, -0.2) is 70.1 Å². The lowest BCUT2D eigenvalue weighted by Crippen LogP contribution is -2.46. The quantitative estimate of drug-likeness (QED) is 0.475. The third-order valence-electron chi connectivity index (χ3n) is 7.33. The van der Waals surface area contributed by atoms with E-state index in [1.165, 1.54) is 36.6 Å². The van der Waals surface area contributed by atoms with Crippen LogP contribution in [0.1, 0.15) is 71.6 Å². The Morgan fingerprint density at radius 1 is 0.914 bits per heavy atom. The fraction of sp³-hybridized carbons (Fsp3) is 0.536. The number of unbranched alkanes of at least 4 members (excludes halogenated alkanes) is 2. The minimum absolute atomic E-state index is 0.0239. The number of piperazine rings is 1. The van der Waals surface area contributed by atoms with Gasteiger partial charge in [-0.3, -0.25) is 9.69 Å². The molecule has 0 saturated carbocycles. The van der Waals surface area contributed by atoms with Gasteiger partial charge in [0.2, 0.25) is 0 Å². The van der Waals surface area contributed by atoms with Crippen LogP contribution in [-0.2, 0) is 19.6 Å². The highest BCUT2D eigenvalue weighted by atomic mass is 16.3. The van der Waals surface area contributed by atoms with E-state index in [0.717, 1.165) is 51.3 Å². The number of amides is 1. The molecule has 1 amide bonds. The molecule has 2 aliphatic heterocycles. The average Bonchev–Trinajstić information content (AvgIpc) is 3.26. The van der Waals surface area contributed by atoms with Crippen LogP contribution in [0.25, 0.3) is 0 Å². The van der Waals surface area contributed by atoms with Gasteiger partial charge in [-0.2, -0.15) is 0 Å². The van der Waals surface area contributed by atoms with Crippen LogP contribution < -0.4 is 5.73 Å². The minimum Gasteiger partial charge on any atom is -0.508 e. The van der Waals surface area contributed by atoms with Gasteiger partial charge < -0.3 is 25.7 Å². The van der Waals surface area contributed by atoms with Crippen molar-refractivity contribution in [1.29, 1.82) is 0 Å². The van der Waals surface area contributed by atoms with E-state index in [1.54, 1.807) is 11.0 Å². The molecule has 0 atom stereocenters. The molecule has 0 unspecified atom stereocenters. The van der Waals surface area contributed by atoms with Crippen LogP contribution in [0.2, 0.25) is 0 Å². The van der Waals surface area contributed by atoms with Gasteiger partial charge in [0, 0.05) is 51.9 Å². The molecule has 1 fully saturated rings. The number of fused-ring (bicyclic) bond motifs is 1. The van der Waals surface area contributed by atoms with Crippen molar-refractivity contribution in [3.05, 3.63) is 58.1 Å². The van der Waals surface area contributed by atoms with Gasteiger partial charge >= 0.3 is 0 Å². The van der Waals surface area contributed by atoms with Gasteiger partial charge in [-0.05, 0) is 60.2 Å². The summed E-state index contributed by atoms with van der Waals surface area (Å²) < 4.78 is 0. The van der Waals surface area contributed by atoms with Crippen molar-refractivity contribution in [2.45, 2.75) is 58.7 Å². The maximum Gasteiger partial charge on any atom is 0.258 e. The number of hydrogen-bond acceptors (Lipinski definition) is 6. The van der Waals surface area contributed by atoms with Gasteiger partial charge in [-0.25, -0.2) is 0 Å². The third kappa shape index (κ3) is 6.15. The maximum atomic E-state index is 13.2. The molecular weight excluding hydrogens is 440 g/mol. The summed E-state index contributed by atoms with van der Waals surface area (Å²) in [7, 11) is 0. The van der Waals surface area contributed by atoms with Gasteiger partial charge in [0.25, 0.3) is 5.91 Å². The Labute approximate surface area is 209 Å². The number of phenolic OH excluding ortho intramolecular Hbond substituents is 2. The van der Waals surface area contributed by atoms with Crippen LogP contribution in [0.3, 0.4) is 0 Å². The molecule has 190 valence electrons. The number of aromatic hydroxyl groups is 2. The molecule has 4 rings (SSSR count). The fourth-order valence-electron chi connectivity index (χ4n) is 5.17. The fourth-order valence-corrected chi connectivity index (χ4v) is 5.17. The van der Waals surface area contributed by atoms with Gasteiger partial charge in [0.05, 0.1) is 5.56 Å². The molecule has 2 aromatic rings. The molecule has 2 aliphatic rings. The molecule has 0 bridgehead atoms. The molecule has 0 radical (unpaired) electrons. The maximum absolute atomic E-state index is 13.2. The summed E-state index contributed by atoms with van der Waals surface area (Å²) in [5.41, 5.74) is 10.1. The highest BCUT2D eigenvalue weighted by Crippen LogP contribution is 2.34. The molecule has 7 heteroatoms. The number of phenols is 2. The lowest BCUT2D eigenvalue weighted by atomic mass is 9.98. The summed E-state index contributed by atoms with van der Waals surface area (Å²) in [4.78, 5) is 20.1. The van der Waals surface area contributed by atoms with Crippen LogP contribution >= 0.6 is 0 Å². The number of nitrogens with two attached hydrogens (primary N) is 1. The molecule has 2 heterocycles. The summed E-state index contributed by atoms with van der Waals surface area (Å²) >= 11 is 0. The SMILES string of the molecule is CC(C)c1cc(C(=O)N2Cc3ccc(CN4CCN(CCCCCN)CC4)cc3C2)c(O)cc1O. The smallest absolute Gasteiger partial charge is 0.258 e. The zero-order chi connectivity index (χ0) is 24.9. The van der Waals surface area contributed by atoms with Gasteiger partial charge in [-0.15, -0.1) is 0 Å². The van der Waals surface area contributed by atoms with Crippen LogP contribution in [0.15, 0.2) is 30.3 Å². The highest BCUT2D eigenvalue weighted by Gasteiger charge is 2.27. The number of benzene rings is 2. The van der Waals surface area contributed by atoms with Crippen molar-refractivity contribution in [3.63, 3.8) is 0 Å². The molecule has 2 aromatic carbocycles. The Hall–Kier alpha value is -2.61. The van der Waals surface area contributed by atoms with E-state index in [-0.39, 0.29) is 28.9 Å². The summed E-state index contributed by atoms with van der Waals surface area (Å²) in [5, 5.41) is 20.5. The molecule has 0 spiro atoms. The van der Waals surface area contributed by atoms with E-state index in [9.17, 15) is 15.0 Å². The number of hydrogen-bond donors (Lipinski definition) is 3. The Balaban J connectivity index is 1.33. The molecule has 1 saturated heterocycles. The van der Waals surface area contributed by atoms with Crippen molar-refractivity contribution in [2.24, 2.45) is 5.73 Å². The molecule has 4 N–H and O–H groups in total. The summed E-state index contributed by atoms with van der Waals surface area (Å²) in [6.07, 6.45) is 3.57. The zero-order valence-electron chi connectivity index (χ0n) is 21.2. The van der Waals surface area contributed by atoms with E-state index in [1.807, 2.05) is 13.8 Å². The molecular formula is C28H40N4O3. The van der Waals surface area contributed by atoms with E-state index >= 15 is 0 Å². The van der Waals surface area contributed by atoms with Crippen LogP contribution in [0, 0.1) is 0 Å². The van der Waals surface area contributed by atoms with Crippen molar-refractivity contribution in [1.82, 2.24) is 14.7 Å². The second-order valence-corrected chi connectivity index (χ2v) is 10.3. The van der Waals surface area contributed by atoms with Crippen molar-refractivity contribution in [2.75, 3.05) is 39.3 Å². The van der Waals surface area contributed by atoms with E-state index in [0.29, 0.717) is 18.7 Å². The topological polar surface area (TPSA) is 93.3 Å². The first-order valence-corrected chi connectivity index (χ1v) is 13.0. The van der Waals surface area contributed by atoms with Crippen LogP contribution in [0.5, 0.6) is 11.5 Å². The van der Waals surface area contributed by atoms with Crippen molar-refractivity contribution >= 4 is 5.91 Å². The van der Waals surface area contributed by atoms with Gasteiger partial charge in [0.15, 0.2) is 0 Å².